The van der Waals surface area contributed by atoms with E-state index < -0.39 is 11.4 Å². The van der Waals surface area contributed by atoms with Crippen LogP contribution in [0.4, 0.5) is 0 Å². The fourth-order valence-electron chi connectivity index (χ4n) is 2.64. The number of hydrogen-bond acceptors (Lipinski definition) is 3. The first-order valence-corrected chi connectivity index (χ1v) is 6.97. The van der Waals surface area contributed by atoms with Crippen LogP contribution >= 0.6 is 23.5 Å². The maximum absolute atomic E-state index is 11.2. The van der Waals surface area contributed by atoms with Crippen molar-refractivity contribution in [2.24, 2.45) is 11.3 Å². The summed E-state index contributed by atoms with van der Waals surface area (Å²) >= 11 is 3.96. The van der Waals surface area contributed by atoms with E-state index in [1.165, 1.54) is 11.5 Å². The lowest BCUT2D eigenvalue weighted by Crippen LogP contribution is -2.26. The minimum Gasteiger partial charge on any atom is -0.481 e. The standard InChI is InChI=1S/C10H16O2S2/c1-7-5-9(2,8(11)12)6-10(7)13-3-4-14-10/h7H,3-6H2,1-2H3,(H,11,12)/t7-,9-/m1/s1. The second kappa shape index (κ2) is 3.34. The molecule has 0 aromatic carbocycles. The van der Waals surface area contributed by atoms with Gasteiger partial charge in [-0.3, -0.25) is 4.79 Å². The van der Waals surface area contributed by atoms with Gasteiger partial charge in [-0.25, -0.2) is 0 Å². The van der Waals surface area contributed by atoms with E-state index >= 15 is 0 Å². The van der Waals surface area contributed by atoms with E-state index in [1.54, 1.807) is 0 Å². The van der Waals surface area contributed by atoms with Gasteiger partial charge in [0.25, 0.3) is 0 Å². The summed E-state index contributed by atoms with van der Waals surface area (Å²) in [5.41, 5.74) is -0.482. The molecule has 2 aliphatic rings. The highest BCUT2D eigenvalue weighted by molar-refractivity contribution is 8.21. The van der Waals surface area contributed by atoms with Crippen molar-refractivity contribution < 1.29 is 9.90 Å². The Labute approximate surface area is 93.2 Å². The van der Waals surface area contributed by atoms with E-state index in [1.807, 2.05) is 30.4 Å². The molecule has 0 unspecified atom stereocenters. The Morgan fingerprint density at radius 1 is 1.43 bits per heavy atom. The summed E-state index contributed by atoms with van der Waals surface area (Å²) in [6.07, 6.45) is 1.67. The first-order chi connectivity index (χ1) is 6.49. The van der Waals surface area contributed by atoms with Gasteiger partial charge in [-0.1, -0.05) is 6.92 Å². The molecule has 1 heterocycles. The third kappa shape index (κ3) is 1.47. The van der Waals surface area contributed by atoms with Crippen molar-refractivity contribution >= 4 is 29.5 Å². The van der Waals surface area contributed by atoms with Crippen LogP contribution in [-0.4, -0.2) is 26.7 Å². The number of carboxylic acid groups (broad SMARTS) is 1. The van der Waals surface area contributed by atoms with Crippen LogP contribution in [0.3, 0.4) is 0 Å². The van der Waals surface area contributed by atoms with E-state index in [-0.39, 0.29) is 4.08 Å². The van der Waals surface area contributed by atoms with Crippen molar-refractivity contribution in [1.82, 2.24) is 0 Å². The molecular weight excluding hydrogens is 216 g/mol. The molecule has 2 rings (SSSR count). The van der Waals surface area contributed by atoms with E-state index in [0.29, 0.717) is 5.92 Å². The highest BCUT2D eigenvalue weighted by atomic mass is 32.2. The summed E-state index contributed by atoms with van der Waals surface area (Å²) < 4.78 is 0.215. The molecule has 0 bridgehead atoms. The first kappa shape index (κ1) is 10.7. The van der Waals surface area contributed by atoms with Crippen LogP contribution in [0.5, 0.6) is 0 Å². The predicted molar refractivity (Wildman–Crippen MR) is 61.8 cm³/mol. The summed E-state index contributed by atoms with van der Waals surface area (Å²) in [4.78, 5) is 11.2. The molecular formula is C10H16O2S2. The van der Waals surface area contributed by atoms with Crippen molar-refractivity contribution in [2.45, 2.75) is 30.8 Å². The molecule has 1 N–H and O–H groups in total. The molecule has 0 aromatic heterocycles. The SMILES string of the molecule is C[C@@H]1C[C@@](C)(C(=O)O)CC12SCCS2. The van der Waals surface area contributed by atoms with Crippen LogP contribution in [0.25, 0.3) is 0 Å². The second-order valence-electron chi connectivity index (χ2n) is 4.66. The summed E-state index contributed by atoms with van der Waals surface area (Å²) in [6, 6.07) is 0. The number of rotatable bonds is 1. The third-order valence-electron chi connectivity index (χ3n) is 3.44. The Balaban J connectivity index is 2.21. The normalized spacial score (nSPS) is 40.6. The topological polar surface area (TPSA) is 37.3 Å². The number of aliphatic carboxylic acids is 1. The maximum Gasteiger partial charge on any atom is 0.309 e. The molecule has 1 saturated heterocycles. The van der Waals surface area contributed by atoms with Gasteiger partial charge in [-0.15, -0.1) is 23.5 Å². The highest BCUT2D eigenvalue weighted by Gasteiger charge is 2.56. The number of carboxylic acids is 1. The lowest BCUT2D eigenvalue weighted by Gasteiger charge is -2.27. The van der Waals surface area contributed by atoms with Crippen LogP contribution in [0.1, 0.15) is 26.7 Å². The molecule has 1 saturated carbocycles. The number of hydrogen-bond donors (Lipinski definition) is 1. The zero-order valence-electron chi connectivity index (χ0n) is 8.58. The minimum absolute atomic E-state index is 0.215. The Bertz CT molecular complexity index is 261. The monoisotopic (exact) mass is 232 g/mol. The first-order valence-electron chi connectivity index (χ1n) is 5.00. The lowest BCUT2D eigenvalue weighted by molar-refractivity contribution is -0.147. The summed E-state index contributed by atoms with van der Waals surface area (Å²) in [5, 5.41) is 9.22. The molecule has 0 aromatic rings. The molecule has 2 nitrogen and oxygen atoms in total. The molecule has 80 valence electrons. The molecule has 14 heavy (non-hydrogen) atoms. The average Bonchev–Trinajstić information content (AvgIpc) is 2.61. The largest absolute Gasteiger partial charge is 0.481 e. The molecule has 1 aliphatic heterocycles. The van der Waals surface area contributed by atoms with Crippen molar-refractivity contribution in [2.75, 3.05) is 11.5 Å². The van der Waals surface area contributed by atoms with Crippen LogP contribution in [0.15, 0.2) is 0 Å². The van der Waals surface area contributed by atoms with E-state index in [4.69, 9.17) is 0 Å². The Kier molecular flexibility index (Phi) is 2.55. The van der Waals surface area contributed by atoms with Crippen LogP contribution in [0.2, 0.25) is 0 Å². The number of thioether (sulfide) groups is 2. The number of carbonyl (C=O) groups is 1. The molecule has 1 aliphatic carbocycles. The van der Waals surface area contributed by atoms with Gasteiger partial charge in [0.05, 0.1) is 9.49 Å². The molecule has 4 heteroatoms. The zero-order chi connectivity index (χ0) is 10.4. The lowest BCUT2D eigenvalue weighted by atomic mass is 9.88. The van der Waals surface area contributed by atoms with Gasteiger partial charge < -0.3 is 5.11 Å². The van der Waals surface area contributed by atoms with Crippen molar-refractivity contribution in [3.05, 3.63) is 0 Å². The molecule has 1 spiro atoms. The Morgan fingerprint density at radius 2 is 2.00 bits per heavy atom. The van der Waals surface area contributed by atoms with E-state index in [2.05, 4.69) is 6.92 Å². The Hall–Kier alpha value is 0.170. The van der Waals surface area contributed by atoms with E-state index in [0.717, 1.165) is 12.8 Å². The molecule has 0 radical (unpaired) electrons. The van der Waals surface area contributed by atoms with Crippen LogP contribution < -0.4 is 0 Å². The summed E-state index contributed by atoms with van der Waals surface area (Å²) in [7, 11) is 0. The van der Waals surface area contributed by atoms with Gasteiger partial charge in [-0.2, -0.15) is 0 Å². The Morgan fingerprint density at radius 3 is 2.43 bits per heavy atom. The van der Waals surface area contributed by atoms with Crippen molar-refractivity contribution in [1.29, 1.82) is 0 Å². The van der Waals surface area contributed by atoms with E-state index in [9.17, 15) is 9.90 Å². The van der Waals surface area contributed by atoms with Crippen molar-refractivity contribution in [3.8, 4) is 0 Å². The molecule has 0 amide bonds. The zero-order valence-corrected chi connectivity index (χ0v) is 10.2. The van der Waals surface area contributed by atoms with Crippen LogP contribution in [0, 0.1) is 11.3 Å². The average molecular weight is 232 g/mol. The molecule has 2 fully saturated rings. The predicted octanol–water partition coefficient (Wildman–Crippen LogP) is 2.68. The van der Waals surface area contributed by atoms with Gasteiger partial charge in [-0.05, 0) is 25.7 Å². The summed E-state index contributed by atoms with van der Waals surface area (Å²) in [6.45, 7) is 4.11. The maximum atomic E-state index is 11.2. The third-order valence-corrected chi connectivity index (χ3v) is 7.29. The fourth-order valence-corrected chi connectivity index (χ4v) is 6.41. The highest BCUT2D eigenvalue weighted by Crippen LogP contribution is 2.62. The second-order valence-corrected chi connectivity index (χ2v) is 7.77. The van der Waals surface area contributed by atoms with Gasteiger partial charge in [0.2, 0.25) is 0 Å². The molecule has 2 atom stereocenters. The van der Waals surface area contributed by atoms with Gasteiger partial charge in [0.15, 0.2) is 0 Å². The van der Waals surface area contributed by atoms with Gasteiger partial charge >= 0.3 is 5.97 Å². The van der Waals surface area contributed by atoms with Crippen molar-refractivity contribution in [3.63, 3.8) is 0 Å². The van der Waals surface area contributed by atoms with Gasteiger partial charge in [0.1, 0.15) is 0 Å². The minimum atomic E-state index is -0.616. The fraction of sp³-hybridized carbons (Fsp3) is 0.900. The quantitative estimate of drug-likeness (QED) is 0.754. The van der Waals surface area contributed by atoms with Gasteiger partial charge in [0, 0.05) is 11.5 Å². The van der Waals surface area contributed by atoms with Crippen LogP contribution in [-0.2, 0) is 4.79 Å². The summed E-state index contributed by atoms with van der Waals surface area (Å²) in [5.74, 6) is 2.28. The smallest absolute Gasteiger partial charge is 0.309 e.